The molecule has 0 aliphatic rings. The molecule has 3 nitrogen and oxygen atoms in total. The van der Waals surface area contributed by atoms with Gasteiger partial charge in [0.25, 0.3) is 5.91 Å². The highest BCUT2D eigenvalue weighted by molar-refractivity contribution is 7.99. The lowest BCUT2D eigenvalue weighted by Crippen LogP contribution is -2.35. The summed E-state index contributed by atoms with van der Waals surface area (Å²) in [7, 11) is 1.86. The van der Waals surface area contributed by atoms with Crippen molar-refractivity contribution < 1.29 is 4.79 Å². The summed E-state index contributed by atoms with van der Waals surface area (Å²) in [5.41, 5.74) is 1.60. The number of hydrogen-bond donors (Lipinski definition) is 0. The third-order valence-electron chi connectivity index (χ3n) is 3.02. The molecule has 1 amide bonds. The van der Waals surface area contributed by atoms with E-state index in [1.165, 1.54) is 0 Å². The van der Waals surface area contributed by atoms with Crippen LogP contribution in [0.15, 0.2) is 18.3 Å². The summed E-state index contributed by atoms with van der Waals surface area (Å²) >= 11 is 1.91. The fourth-order valence-corrected chi connectivity index (χ4v) is 2.39. The lowest BCUT2D eigenvalue weighted by Gasteiger charge is -2.24. The lowest BCUT2D eigenvalue weighted by atomic mass is 10.2. The molecule has 0 N–H and O–H groups in total. The predicted octanol–water partition coefficient (Wildman–Crippen LogP) is 2.99. The van der Waals surface area contributed by atoms with Crippen molar-refractivity contribution in [2.45, 2.75) is 33.2 Å². The first-order valence-corrected chi connectivity index (χ1v) is 7.49. The Bertz CT molecular complexity index is 378. The number of carbonyl (C=O) groups excluding carboxylic acids is 1. The van der Waals surface area contributed by atoms with Crippen LogP contribution in [0.25, 0.3) is 0 Å². The number of aryl methyl sites for hydroxylation is 1. The van der Waals surface area contributed by atoms with E-state index in [4.69, 9.17) is 0 Å². The minimum atomic E-state index is 0.0523. The third-order valence-corrected chi connectivity index (χ3v) is 3.96. The summed E-state index contributed by atoms with van der Waals surface area (Å²) in [4.78, 5) is 18.2. The molecule has 1 heterocycles. The largest absolute Gasteiger partial charge is 0.339 e. The number of amides is 1. The molecule has 18 heavy (non-hydrogen) atoms. The van der Waals surface area contributed by atoms with E-state index >= 15 is 0 Å². The zero-order chi connectivity index (χ0) is 13.5. The molecule has 1 aromatic rings. The lowest BCUT2D eigenvalue weighted by molar-refractivity contribution is 0.0741. The number of aromatic nitrogens is 1. The van der Waals surface area contributed by atoms with Crippen molar-refractivity contribution in [2.75, 3.05) is 18.6 Å². The predicted molar refractivity (Wildman–Crippen MR) is 78.1 cm³/mol. The van der Waals surface area contributed by atoms with E-state index in [0.29, 0.717) is 5.56 Å². The van der Waals surface area contributed by atoms with Gasteiger partial charge in [0.15, 0.2) is 0 Å². The summed E-state index contributed by atoms with van der Waals surface area (Å²) in [6.45, 7) is 6.17. The molecule has 1 atom stereocenters. The fraction of sp³-hybridized carbons (Fsp3) is 0.571. The van der Waals surface area contributed by atoms with Crippen molar-refractivity contribution in [3.8, 4) is 0 Å². The zero-order valence-electron chi connectivity index (χ0n) is 11.6. The number of nitrogens with zero attached hydrogens (tertiary/aromatic N) is 2. The van der Waals surface area contributed by atoms with Crippen LogP contribution in [0, 0.1) is 6.92 Å². The maximum atomic E-state index is 12.2. The number of carbonyl (C=O) groups is 1. The van der Waals surface area contributed by atoms with Crippen molar-refractivity contribution in [3.63, 3.8) is 0 Å². The average Bonchev–Trinajstić information content (AvgIpc) is 2.38. The normalized spacial score (nSPS) is 12.2. The van der Waals surface area contributed by atoms with Gasteiger partial charge in [0.1, 0.15) is 0 Å². The molecule has 0 saturated carbocycles. The van der Waals surface area contributed by atoms with Gasteiger partial charge in [-0.05, 0) is 43.9 Å². The molecule has 0 bridgehead atoms. The van der Waals surface area contributed by atoms with Crippen LogP contribution < -0.4 is 0 Å². The van der Waals surface area contributed by atoms with Gasteiger partial charge in [0.2, 0.25) is 0 Å². The molecule has 4 heteroatoms. The topological polar surface area (TPSA) is 33.2 Å². The Labute approximate surface area is 114 Å². The van der Waals surface area contributed by atoms with E-state index in [9.17, 15) is 4.79 Å². The molecular weight excluding hydrogens is 244 g/mol. The first-order valence-electron chi connectivity index (χ1n) is 6.33. The van der Waals surface area contributed by atoms with Crippen LogP contribution in [0.4, 0.5) is 0 Å². The SMILES string of the molecule is CCSCC[C@H](C)N(C)C(=O)c1ccc(C)nc1. The minimum Gasteiger partial charge on any atom is -0.339 e. The zero-order valence-corrected chi connectivity index (χ0v) is 12.5. The van der Waals surface area contributed by atoms with Crippen molar-refractivity contribution in [1.29, 1.82) is 0 Å². The second-order valence-electron chi connectivity index (χ2n) is 4.44. The summed E-state index contributed by atoms with van der Waals surface area (Å²) < 4.78 is 0. The Morgan fingerprint density at radius 1 is 1.50 bits per heavy atom. The molecule has 0 aromatic carbocycles. The maximum Gasteiger partial charge on any atom is 0.255 e. The van der Waals surface area contributed by atoms with Crippen molar-refractivity contribution in [2.24, 2.45) is 0 Å². The molecule has 0 fully saturated rings. The highest BCUT2D eigenvalue weighted by atomic mass is 32.2. The van der Waals surface area contributed by atoms with Gasteiger partial charge in [-0.25, -0.2) is 0 Å². The highest BCUT2D eigenvalue weighted by Crippen LogP contribution is 2.11. The van der Waals surface area contributed by atoms with E-state index in [-0.39, 0.29) is 11.9 Å². The van der Waals surface area contributed by atoms with Gasteiger partial charge in [0, 0.05) is 25.0 Å². The van der Waals surface area contributed by atoms with Gasteiger partial charge in [-0.2, -0.15) is 11.8 Å². The van der Waals surface area contributed by atoms with Gasteiger partial charge >= 0.3 is 0 Å². The Morgan fingerprint density at radius 2 is 2.22 bits per heavy atom. The Morgan fingerprint density at radius 3 is 2.78 bits per heavy atom. The number of pyridine rings is 1. The second-order valence-corrected chi connectivity index (χ2v) is 5.83. The quantitative estimate of drug-likeness (QED) is 0.742. The molecule has 0 saturated heterocycles. The molecule has 0 radical (unpaired) electrons. The Hall–Kier alpha value is -1.03. The number of thioether (sulfide) groups is 1. The van der Waals surface area contributed by atoms with Crippen LogP contribution in [0.5, 0.6) is 0 Å². The standard InChI is InChI=1S/C14H22N2OS/c1-5-18-9-8-12(3)16(4)14(17)13-7-6-11(2)15-10-13/h6-7,10,12H,5,8-9H2,1-4H3/t12-/m0/s1. The molecule has 100 valence electrons. The molecule has 0 aliphatic carbocycles. The van der Waals surface area contributed by atoms with Crippen LogP contribution in [0.2, 0.25) is 0 Å². The molecule has 0 unspecified atom stereocenters. The average molecular weight is 266 g/mol. The van der Waals surface area contributed by atoms with E-state index < -0.39 is 0 Å². The van der Waals surface area contributed by atoms with Gasteiger partial charge in [-0.1, -0.05) is 6.92 Å². The summed E-state index contributed by atoms with van der Waals surface area (Å²) in [5, 5.41) is 0. The Kier molecular flexibility index (Phi) is 6.19. The van der Waals surface area contributed by atoms with Gasteiger partial charge in [-0.3, -0.25) is 9.78 Å². The van der Waals surface area contributed by atoms with Crippen LogP contribution in [0.3, 0.4) is 0 Å². The molecular formula is C14H22N2OS. The van der Waals surface area contributed by atoms with Crippen LogP contribution in [-0.2, 0) is 0 Å². The number of rotatable bonds is 6. The van der Waals surface area contributed by atoms with Crippen molar-refractivity contribution >= 4 is 17.7 Å². The first-order chi connectivity index (χ1) is 8.56. The van der Waals surface area contributed by atoms with E-state index in [1.54, 1.807) is 6.20 Å². The highest BCUT2D eigenvalue weighted by Gasteiger charge is 2.17. The summed E-state index contributed by atoms with van der Waals surface area (Å²) in [5.74, 6) is 2.28. The van der Waals surface area contributed by atoms with Gasteiger partial charge in [-0.15, -0.1) is 0 Å². The molecule has 0 spiro atoms. The van der Waals surface area contributed by atoms with E-state index in [2.05, 4.69) is 18.8 Å². The monoisotopic (exact) mass is 266 g/mol. The number of hydrogen-bond acceptors (Lipinski definition) is 3. The Balaban J connectivity index is 2.57. The van der Waals surface area contributed by atoms with Crippen LogP contribution >= 0.6 is 11.8 Å². The molecule has 0 aliphatic heterocycles. The smallest absolute Gasteiger partial charge is 0.255 e. The van der Waals surface area contributed by atoms with Crippen molar-refractivity contribution in [1.82, 2.24) is 9.88 Å². The third kappa shape index (κ3) is 4.33. The van der Waals surface area contributed by atoms with Crippen molar-refractivity contribution in [3.05, 3.63) is 29.6 Å². The summed E-state index contributed by atoms with van der Waals surface area (Å²) in [6, 6.07) is 3.98. The summed E-state index contributed by atoms with van der Waals surface area (Å²) in [6.07, 6.45) is 2.68. The molecule has 1 rings (SSSR count). The fourth-order valence-electron chi connectivity index (χ4n) is 1.59. The van der Waals surface area contributed by atoms with Gasteiger partial charge in [0.05, 0.1) is 5.56 Å². The van der Waals surface area contributed by atoms with Crippen LogP contribution in [-0.4, -0.2) is 40.4 Å². The van der Waals surface area contributed by atoms with Crippen LogP contribution in [0.1, 0.15) is 36.3 Å². The first kappa shape index (κ1) is 15.0. The minimum absolute atomic E-state index is 0.0523. The van der Waals surface area contributed by atoms with E-state index in [0.717, 1.165) is 23.6 Å². The maximum absolute atomic E-state index is 12.2. The molecule has 1 aromatic heterocycles. The van der Waals surface area contributed by atoms with Gasteiger partial charge < -0.3 is 4.90 Å². The van der Waals surface area contributed by atoms with E-state index in [1.807, 2.05) is 42.8 Å². The second kappa shape index (κ2) is 7.41.